The van der Waals surface area contributed by atoms with E-state index < -0.39 is 0 Å². The molecule has 0 saturated heterocycles. The number of halogens is 1. The van der Waals surface area contributed by atoms with Crippen LogP contribution in [0.15, 0.2) is 45.3 Å². The number of aryl methyl sites for hydroxylation is 1. The molecule has 1 heterocycles. The van der Waals surface area contributed by atoms with Crippen molar-refractivity contribution in [3.63, 3.8) is 0 Å². The number of nitrogens with two attached hydrogens (primary N) is 1. The van der Waals surface area contributed by atoms with Crippen molar-refractivity contribution in [2.24, 2.45) is 0 Å². The van der Waals surface area contributed by atoms with Crippen molar-refractivity contribution in [3.8, 4) is 11.5 Å². The maximum absolute atomic E-state index is 5.76. The molecule has 0 saturated carbocycles. The fourth-order valence-electron chi connectivity index (χ4n) is 1.82. The minimum Gasteiger partial charge on any atom is -0.436 e. The van der Waals surface area contributed by atoms with Gasteiger partial charge in [0.15, 0.2) is 5.58 Å². The van der Waals surface area contributed by atoms with Crippen LogP contribution in [0.25, 0.3) is 22.6 Å². The van der Waals surface area contributed by atoms with E-state index in [1.54, 1.807) is 0 Å². The molecule has 4 heteroatoms. The Labute approximate surface area is 113 Å². The summed E-state index contributed by atoms with van der Waals surface area (Å²) >= 11 is 3.40. The van der Waals surface area contributed by atoms with Gasteiger partial charge in [0.05, 0.1) is 0 Å². The highest BCUT2D eigenvalue weighted by molar-refractivity contribution is 9.10. The van der Waals surface area contributed by atoms with Crippen LogP contribution in [0.1, 0.15) is 5.56 Å². The number of anilines is 1. The predicted octanol–water partition coefficient (Wildman–Crippen LogP) is 4.15. The van der Waals surface area contributed by atoms with Crippen LogP contribution in [0.2, 0.25) is 0 Å². The Morgan fingerprint density at radius 2 is 2.00 bits per heavy atom. The van der Waals surface area contributed by atoms with Crippen LogP contribution in [0.4, 0.5) is 5.69 Å². The maximum Gasteiger partial charge on any atom is 0.227 e. The zero-order valence-electron chi connectivity index (χ0n) is 9.77. The maximum atomic E-state index is 5.76. The molecule has 0 spiro atoms. The first-order chi connectivity index (χ1) is 8.63. The normalized spacial score (nSPS) is 11.0. The lowest BCUT2D eigenvalue weighted by Gasteiger charge is -1.99. The molecular formula is C14H11BrN2O. The molecule has 2 N–H and O–H groups in total. The van der Waals surface area contributed by atoms with Gasteiger partial charge in [-0.25, -0.2) is 4.98 Å². The van der Waals surface area contributed by atoms with Gasteiger partial charge < -0.3 is 10.2 Å². The number of nitrogens with zero attached hydrogens (tertiary/aromatic N) is 1. The number of hydrogen-bond acceptors (Lipinski definition) is 3. The van der Waals surface area contributed by atoms with Gasteiger partial charge in [0.2, 0.25) is 5.89 Å². The second-order valence-corrected chi connectivity index (χ2v) is 5.08. The number of oxazole rings is 1. The van der Waals surface area contributed by atoms with E-state index in [1.165, 1.54) is 5.56 Å². The third-order valence-electron chi connectivity index (χ3n) is 2.79. The minimum absolute atomic E-state index is 0.608. The molecule has 0 unspecified atom stereocenters. The van der Waals surface area contributed by atoms with Gasteiger partial charge >= 0.3 is 0 Å². The first kappa shape index (κ1) is 11.3. The van der Waals surface area contributed by atoms with Gasteiger partial charge in [-0.3, -0.25) is 0 Å². The Kier molecular flexibility index (Phi) is 2.59. The average molecular weight is 303 g/mol. The Balaban J connectivity index is 2.16. The molecule has 0 fully saturated rings. The van der Waals surface area contributed by atoms with Crippen LogP contribution in [0.5, 0.6) is 0 Å². The lowest BCUT2D eigenvalue weighted by Crippen LogP contribution is -1.86. The fraction of sp³-hybridized carbons (Fsp3) is 0.0714. The zero-order valence-corrected chi connectivity index (χ0v) is 11.4. The number of benzene rings is 2. The van der Waals surface area contributed by atoms with Crippen LogP contribution in [0, 0.1) is 6.92 Å². The van der Waals surface area contributed by atoms with E-state index >= 15 is 0 Å². The molecule has 3 aromatic rings. The second kappa shape index (κ2) is 4.14. The summed E-state index contributed by atoms with van der Waals surface area (Å²) in [6.45, 7) is 2.04. The van der Waals surface area contributed by atoms with Crippen molar-refractivity contribution in [2.45, 2.75) is 6.92 Å². The highest BCUT2D eigenvalue weighted by Crippen LogP contribution is 2.29. The minimum atomic E-state index is 0.608. The SMILES string of the molecule is Cc1ccc2oc(-c3ccc(N)c(Br)c3)nc2c1. The lowest BCUT2D eigenvalue weighted by atomic mass is 10.2. The van der Waals surface area contributed by atoms with Crippen LogP contribution in [0.3, 0.4) is 0 Å². The average Bonchev–Trinajstić information content (AvgIpc) is 2.75. The predicted molar refractivity (Wildman–Crippen MR) is 76.3 cm³/mol. The molecule has 0 aliphatic carbocycles. The zero-order chi connectivity index (χ0) is 12.7. The number of nitrogen functional groups attached to an aromatic ring is 1. The van der Waals surface area contributed by atoms with Crippen LogP contribution >= 0.6 is 15.9 Å². The molecular weight excluding hydrogens is 292 g/mol. The van der Waals surface area contributed by atoms with E-state index in [9.17, 15) is 0 Å². The van der Waals surface area contributed by atoms with E-state index in [2.05, 4.69) is 20.9 Å². The molecule has 90 valence electrons. The summed E-state index contributed by atoms with van der Waals surface area (Å²) in [5.74, 6) is 0.608. The van der Waals surface area contributed by atoms with Crippen molar-refractivity contribution in [3.05, 3.63) is 46.4 Å². The molecule has 3 rings (SSSR count). The lowest BCUT2D eigenvalue weighted by molar-refractivity contribution is 0.620. The molecule has 0 aliphatic heterocycles. The molecule has 1 aromatic heterocycles. The fourth-order valence-corrected chi connectivity index (χ4v) is 2.20. The summed E-state index contributed by atoms with van der Waals surface area (Å²) in [6, 6.07) is 11.6. The summed E-state index contributed by atoms with van der Waals surface area (Å²) in [5, 5.41) is 0. The standard InChI is InChI=1S/C14H11BrN2O/c1-8-2-5-13-12(6-8)17-14(18-13)9-3-4-11(16)10(15)7-9/h2-7H,16H2,1H3. The van der Waals surface area contributed by atoms with Gasteiger partial charge in [0, 0.05) is 15.7 Å². The molecule has 0 atom stereocenters. The Hall–Kier alpha value is -1.81. The number of fused-ring (bicyclic) bond motifs is 1. The van der Waals surface area contributed by atoms with E-state index in [0.29, 0.717) is 11.6 Å². The molecule has 0 aliphatic rings. The highest BCUT2D eigenvalue weighted by Gasteiger charge is 2.09. The van der Waals surface area contributed by atoms with Gasteiger partial charge in [0.25, 0.3) is 0 Å². The summed E-state index contributed by atoms with van der Waals surface area (Å²) in [5.41, 5.74) is 10.2. The van der Waals surface area contributed by atoms with Gasteiger partial charge in [-0.2, -0.15) is 0 Å². The van der Waals surface area contributed by atoms with Crippen molar-refractivity contribution < 1.29 is 4.42 Å². The highest BCUT2D eigenvalue weighted by atomic mass is 79.9. The first-order valence-electron chi connectivity index (χ1n) is 5.56. The van der Waals surface area contributed by atoms with Gasteiger partial charge in [0.1, 0.15) is 5.52 Å². The summed E-state index contributed by atoms with van der Waals surface area (Å²) in [4.78, 5) is 4.49. The van der Waals surface area contributed by atoms with E-state index in [1.807, 2.05) is 43.3 Å². The topological polar surface area (TPSA) is 52.0 Å². The molecule has 0 bridgehead atoms. The molecule has 0 radical (unpaired) electrons. The number of rotatable bonds is 1. The monoisotopic (exact) mass is 302 g/mol. The summed E-state index contributed by atoms with van der Waals surface area (Å²) in [6.07, 6.45) is 0. The molecule has 3 nitrogen and oxygen atoms in total. The number of aromatic nitrogens is 1. The van der Waals surface area contributed by atoms with E-state index in [4.69, 9.17) is 10.2 Å². The Morgan fingerprint density at radius 1 is 1.17 bits per heavy atom. The van der Waals surface area contributed by atoms with E-state index in [0.717, 1.165) is 21.1 Å². The Bertz CT molecular complexity index is 734. The second-order valence-electron chi connectivity index (χ2n) is 4.23. The van der Waals surface area contributed by atoms with E-state index in [-0.39, 0.29) is 0 Å². The van der Waals surface area contributed by atoms with Gasteiger partial charge in [-0.15, -0.1) is 0 Å². The van der Waals surface area contributed by atoms with Crippen molar-refractivity contribution in [1.82, 2.24) is 4.98 Å². The number of hydrogen-bond donors (Lipinski definition) is 1. The largest absolute Gasteiger partial charge is 0.436 e. The summed E-state index contributed by atoms with van der Waals surface area (Å²) < 4.78 is 6.58. The van der Waals surface area contributed by atoms with Gasteiger partial charge in [-0.05, 0) is 58.7 Å². The van der Waals surface area contributed by atoms with Crippen molar-refractivity contribution in [1.29, 1.82) is 0 Å². The van der Waals surface area contributed by atoms with Gasteiger partial charge in [-0.1, -0.05) is 6.07 Å². The third kappa shape index (κ3) is 1.88. The third-order valence-corrected chi connectivity index (χ3v) is 3.48. The van der Waals surface area contributed by atoms with Crippen molar-refractivity contribution in [2.75, 3.05) is 5.73 Å². The first-order valence-corrected chi connectivity index (χ1v) is 6.35. The van der Waals surface area contributed by atoms with Crippen LogP contribution in [-0.2, 0) is 0 Å². The van der Waals surface area contributed by atoms with Crippen molar-refractivity contribution >= 4 is 32.7 Å². The Morgan fingerprint density at radius 3 is 2.78 bits per heavy atom. The quantitative estimate of drug-likeness (QED) is 0.687. The van der Waals surface area contributed by atoms with Crippen LogP contribution in [-0.4, -0.2) is 4.98 Å². The molecule has 2 aromatic carbocycles. The molecule has 0 amide bonds. The summed E-state index contributed by atoms with van der Waals surface area (Å²) in [7, 11) is 0. The van der Waals surface area contributed by atoms with Crippen LogP contribution < -0.4 is 5.73 Å². The smallest absolute Gasteiger partial charge is 0.227 e. The molecule has 18 heavy (non-hydrogen) atoms.